The summed E-state index contributed by atoms with van der Waals surface area (Å²) in [6, 6.07) is 13.9. The molecule has 7 nitrogen and oxygen atoms in total. The van der Waals surface area contributed by atoms with E-state index >= 15 is 0 Å². The van der Waals surface area contributed by atoms with Crippen LogP contribution in [0, 0.1) is 0 Å². The van der Waals surface area contributed by atoms with Crippen molar-refractivity contribution in [2.24, 2.45) is 0 Å². The monoisotopic (exact) mass is 396 g/mol. The lowest BCUT2D eigenvalue weighted by Gasteiger charge is -2.29. The van der Waals surface area contributed by atoms with E-state index < -0.39 is 18.0 Å². The molecule has 0 bridgehead atoms. The van der Waals surface area contributed by atoms with Crippen LogP contribution >= 0.6 is 0 Å². The maximum Gasteiger partial charge on any atom is 0.338 e. The summed E-state index contributed by atoms with van der Waals surface area (Å²) >= 11 is 0. The highest BCUT2D eigenvalue weighted by molar-refractivity contribution is 5.95. The number of hydrogen-bond acceptors (Lipinski definition) is 5. The van der Waals surface area contributed by atoms with Crippen LogP contribution in [0.4, 0.5) is 4.79 Å². The van der Waals surface area contributed by atoms with E-state index in [4.69, 9.17) is 14.2 Å². The number of carbonyl (C=O) groups is 2. The molecule has 2 N–H and O–H groups in total. The fraction of sp³-hybridized carbons (Fsp3) is 0.273. The molecule has 0 fully saturated rings. The topological polar surface area (TPSA) is 85.9 Å². The average molecular weight is 396 g/mol. The molecule has 3 rings (SSSR count). The van der Waals surface area contributed by atoms with Gasteiger partial charge in [-0.1, -0.05) is 30.3 Å². The smallest absolute Gasteiger partial charge is 0.338 e. The number of methoxy groups -OCH3 is 2. The second-order valence-electron chi connectivity index (χ2n) is 6.55. The van der Waals surface area contributed by atoms with E-state index in [0.717, 1.165) is 5.56 Å². The van der Waals surface area contributed by atoms with Crippen molar-refractivity contribution in [3.63, 3.8) is 0 Å². The third kappa shape index (κ3) is 4.68. The lowest BCUT2D eigenvalue weighted by molar-refractivity contribution is -0.139. The van der Waals surface area contributed by atoms with E-state index in [-0.39, 0.29) is 6.61 Å². The van der Waals surface area contributed by atoms with Gasteiger partial charge < -0.3 is 24.8 Å². The molecule has 29 heavy (non-hydrogen) atoms. The first-order chi connectivity index (χ1) is 14.0. The van der Waals surface area contributed by atoms with Gasteiger partial charge in [0.05, 0.1) is 32.4 Å². The van der Waals surface area contributed by atoms with Crippen molar-refractivity contribution in [3.8, 4) is 11.5 Å². The van der Waals surface area contributed by atoms with Gasteiger partial charge in [0.15, 0.2) is 0 Å². The normalized spacial score (nSPS) is 16.0. The molecule has 0 radical (unpaired) electrons. The van der Waals surface area contributed by atoms with Crippen LogP contribution in [0.2, 0.25) is 0 Å². The van der Waals surface area contributed by atoms with E-state index in [1.54, 1.807) is 32.2 Å². The van der Waals surface area contributed by atoms with Crippen LogP contribution in [0.25, 0.3) is 0 Å². The lowest BCUT2D eigenvalue weighted by atomic mass is 9.94. The van der Waals surface area contributed by atoms with Crippen LogP contribution in [0.15, 0.2) is 59.8 Å². The third-order valence-corrected chi connectivity index (χ3v) is 4.71. The van der Waals surface area contributed by atoms with E-state index in [2.05, 4.69) is 10.6 Å². The van der Waals surface area contributed by atoms with Crippen molar-refractivity contribution in [1.82, 2.24) is 10.6 Å². The standard InChI is InChI=1S/C22H24N2O5/c1-14-19(21(25)29-12-11-15-7-5-4-6-8-15)20(24-22(26)23-14)17-10-9-16(27-2)13-18(17)28-3/h4-10,13,20H,11-12H2,1-3H3,(H2,23,24,26). The summed E-state index contributed by atoms with van der Waals surface area (Å²) in [5.74, 6) is 0.617. The highest BCUT2D eigenvalue weighted by Gasteiger charge is 2.34. The van der Waals surface area contributed by atoms with Crippen molar-refractivity contribution < 1.29 is 23.8 Å². The Morgan fingerprint density at radius 2 is 1.83 bits per heavy atom. The van der Waals surface area contributed by atoms with Gasteiger partial charge >= 0.3 is 12.0 Å². The van der Waals surface area contributed by atoms with Crippen LogP contribution in [0.3, 0.4) is 0 Å². The Hall–Kier alpha value is -3.48. The molecule has 1 aliphatic heterocycles. The maximum absolute atomic E-state index is 12.9. The van der Waals surface area contributed by atoms with Gasteiger partial charge in [-0.15, -0.1) is 0 Å². The van der Waals surface area contributed by atoms with Gasteiger partial charge in [-0.05, 0) is 24.6 Å². The van der Waals surface area contributed by atoms with Crippen LogP contribution in [-0.2, 0) is 16.0 Å². The second kappa shape index (κ2) is 9.14. The van der Waals surface area contributed by atoms with Crippen LogP contribution < -0.4 is 20.1 Å². The zero-order chi connectivity index (χ0) is 20.8. The van der Waals surface area contributed by atoms with Crippen molar-refractivity contribution in [3.05, 3.63) is 70.9 Å². The minimum atomic E-state index is -0.700. The fourth-order valence-corrected chi connectivity index (χ4v) is 3.24. The fourth-order valence-electron chi connectivity index (χ4n) is 3.24. The summed E-state index contributed by atoms with van der Waals surface area (Å²) in [5, 5.41) is 5.43. The second-order valence-corrected chi connectivity index (χ2v) is 6.55. The molecule has 1 aliphatic rings. The van der Waals surface area contributed by atoms with Crippen LogP contribution in [0.5, 0.6) is 11.5 Å². The first-order valence-corrected chi connectivity index (χ1v) is 9.24. The molecule has 1 heterocycles. The number of urea groups is 1. The summed E-state index contributed by atoms with van der Waals surface area (Å²) < 4.78 is 16.2. The van der Waals surface area contributed by atoms with E-state index in [9.17, 15) is 9.59 Å². The minimum Gasteiger partial charge on any atom is -0.497 e. The van der Waals surface area contributed by atoms with E-state index in [0.29, 0.717) is 34.8 Å². The molecule has 7 heteroatoms. The Kier molecular flexibility index (Phi) is 6.39. The van der Waals surface area contributed by atoms with Crippen LogP contribution in [-0.4, -0.2) is 32.8 Å². The summed E-state index contributed by atoms with van der Waals surface area (Å²) in [4.78, 5) is 24.9. The largest absolute Gasteiger partial charge is 0.497 e. The molecule has 2 amide bonds. The van der Waals surface area contributed by atoms with Gasteiger partial charge in [0.1, 0.15) is 11.5 Å². The predicted octanol–water partition coefficient (Wildman–Crippen LogP) is 3.12. The third-order valence-electron chi connectivity index (χ3n) is 4.71. The van der Waals surface area contributed by atoms with Crippen LogP contribution in [0.1, 0.15) is 24.1 Å². The first kappa shape index (κ1) is 20.3. The van der Waals surface area contributed by atoms with E-state index in [1.807, 2.05) is 30.3 Å². The molecule has 0 aliphatic carbocycles. The predicted molar refractivity (Wildman–Crippen MR) is 108 cm³/mol. The number of esters is 1. The summed E-state index contributed by atoms with van der Waals surface area (Å²) in [6.07, 6.45) is 0.606. The molecule has 1 unspecified atom stereocenters. The Morgan fingerprint density at radius 1 is 1.07 bits per heavy atom. The Morgan fingerprint density at radius 3 is 2.52 bits per heavy atom. The Labute approximate surface area is 169 Å². The summed E-state index contributed by atoms with van der Waals surface area (Å²) in [6.45, 7) is 1.91. The van der Waals surface area contributed by atoms with Crippen molar-refractivity contribution >= 4 is 12.0 Å². The summed E-state index contributed by atoms with van der Waals surface area (Å²) in [5.41, 5.74) is 2.49. The maximum atomic E-state index is 12.9. The Bertz CT molecular complexity index is 924. The number of ether oxygens (including phenoxy) is 3. The molecule has 0 saturated heterocycles. The minimum absolute atomic E-state index is 0.236. The van der Waals surface area contributed by atoms with E-state index in [1.165, 1.54) is 7.11 Å². The van der Waals surface area contributed by atoms with Gasteiger partial charge in [0, 0.05) is 23.7 Å². The van der Waals surface area contributed by atoms with Crippen molar-refractivity contribution in [2.75, 3.05) is 20.8 Å². The molecular formula is C22H24N2O5. The first-order valence-electron chi connectivity index (χ1n) is 9.24. The number of hydrogen-bond donors (Lipinski definition) is 2. The van der Waals surface area contributed by atoms with Gasteiger partial charge in [0.25, 0.3) is 0 Å². The lowest BCUT2D eigenvalue weighted by Crippen LogP contribution is -2.45. The molecule has 2 aromatic rings. The number of nitrogens with one attached hydrogen (secondary N) is 2. The quantitative estimate of drug-likeness (QED) is 0.703. The number of allylic oxidation sites excluding steroid dienone is 1. The van der Waals surface area contributed by atoms with Crippen molar-refractivity contribution in [1.29, 1.82) is 0 Å². The van der Waals surface area contributed by atoms with Gasteiger partial charge in [-0.25, -0.2) is 9.59 Å². The molecule has 0 spiro atoms. The number of amides is 2. The summed E-state index contributed by atoms with van der Waals surface area (Å²) in [7, 11) is 3.08. The number of carbonyl (C=O) groups excluding carboxylic acids is 2. The molecule has 0 saturated carbocycles. The number of rotatable bonds is 7. The molecule has 152 valence electrons. The Balaban J connectivity index is 1.83. The molecule has 1 atom stereocenters. The van der Waals surface area contributed by atoms with Gasteiger partial charge in [-0.2, -0.15) is 0 Å². The number of benzene rings is 2. The SMILES string of the molecule is COc1ccc(C2NC(=O)NC(C)=C2C(=O)OCCc2ccccc2)c(OC)c1. The zero-order valence-electron chi connectivity index (χ0n) is 16.7. The molecular weight excluding hydrogens is 372 g/mol. The highest BCUT2D eigenvalue weighted by Crippen LogP contribution is 2.35. The van der Waals surface area contributed by atoms with Gasteiger partial charge in [-0.3, -0.25) is 0 Å². The van der Waals surface area contributed by atoms with Crippen molar-refractivity contribution in [2.45, 2.75) is 19.4 Å². The average Bonchev–Trinajstić information content (AvgIpc) is 2.73. The molecule has 2 aromatic carbocycles. The highest BCUT2D eigenvalue weighted by atomic mass is 16.5. The molecule has 0 aromatic heterocycles. The zero-order valence-corrected chi connectivity index (χ0v) is 16.7. The van der Waals surface area contributed by atoms with Gasteiger partial charge in [0.2, 0.25) is 0 Å².